The Morgan fingerprint density at radius 2 is 1.10 bits per heavy atom. The number of nitrogens with zero attached hydrogens (tertiary/aromatic N) is 3. The van der Waals surface area contributed by atoms with Crippen LogP contribution >= 0.6 is 0 Å². The Balaban J connectivity index is 1.18. The van der Waals surface area contributed by atoms with Crippen molar-refractivity contribution in [2.45, 2.75) is 12.2 Å². The second-order valence-corrected chi connectivity index (χ2v) is 13.7. The molecule has 52 heavy (non-hydrogen) atoms. The van der Waals surface area contributed by atoms with Crippen LogP contribution in [-0.4, -0.2) is 14.6 Å². The quantitative estimate of drug-likeness (QED) is 0.170. The number of fused-ring (bicyclic) bond motifs is 8. The maximum absolute atomic E-state index is 6.68. The minimum Gasteiger partial charge on any atom is -0.456 e. The first-order valence-corrected chi connectivity index (χ1v) is 17.9. The van der Waals surface area contributed by atoms with Gasteiger partial charge in [0.25, 0.3) is 0 Å². The first-order valence-electron chi connectivity index (χ1n) is 17.9. The van der Waals surface area contributed by atoms with E-state index < -0.39 is 0 Å². The van der Waals surface area contributed by atoms with Crippen LogP contribution in [-0.2, 0) is 0 Å². The van der Waals surface area contributed by atoms with Gasteiger partial charge < -0.3 is 9.30 Å². The van der Waals surface area contributed by atoms with E-state index in [4.69, 9.17) is 4.74 Å². The summed E-state index contributed by atoms with van der Waals surface area (Å²) < 4.78 is 9.14. The largest absolute Gasteiger partial charge is 0.456 e. The summed E-state index contributed by atoms with van der Waals surface area (Å²) in [6, 6.07) is 65.3. The molecule has 246 valence electrons. The minimum absolute atomic E-state index is 0.0413. The van der Waals surface area contributed by atoms with E-state index in [9.17, 15) is 0 Å². The maximum Gasteiger partial charge on any atom is 0.141 e. The molecule has 3 aliphatic rings. The standard InChI is InChI=1S/C48H33N3O/c1-4-16-32(17-5-1)35-28-36(43-31-42(33-18-6-2-7-19-33)50-48(51(43)50)34-20-8-3-9-21-34)30-37(29-35)49-41-25-13-10-22-38(41)46-39-23-11-14-26-44(39)52-45-27-15-12-24-40(45)47(46)49/h1-31,43,48H. The number of rotatable bonds is 5. The third-order valence-electron chi connectivity index (χ3n) is 10.7. The van der Waals surface area contributed by atoms with E-state index in [1.807, 2.05) is 0 Å². The van der Waals surface area contributed by atoms with Gasteiger partial charge in [0.05, 0.1) is 22.9 Å². The molecule has 7 aromatic carbocycles. The van der Waals surface area contributed by atoms with Gasteiger partial charge in [-0.1, -0.05) is 140 Å². The lowest BCUT2D eigenvalue weighted by Gasteiger charge is -2.19. The number of hydrogen-bond donors (Lipinski definition) is 0. The molecule has 3 aliphatic heterocycles. The van der Waals surface area contributed by atoms with Gasteiger partial charge in [0.2, 0.25) is 0 Å². The molecule has 4 heteroatoms. The molecular weight excluding hydrogens is 635 g/mol. The smallest absolute Gasteiger partial charge is 0.141 e. The van der Waals surface area contributed by atoms with E-state index in [1.165, 1.54) is 44.5 Å². The Bertz CT molecular complexity index is 2680. The van der Waals surface area contributed by atoms with Gasteiger partial charge in [0.15, 0.2) is 0 Å². The molecule has 8 aromatic rings. The highest BCUT2D eigenvalue weighted by Gasteiger charge is 2.56. The Morgan fingerprint density at radius 3 is 1.87 bits per heavy atom. The monoisotopic (exact) mass is 667 g/mol. The van der Waals surface area contributed by atoms with Gasteiger partial charge in [0.1, 0.15) is 17.7 Å². The summed E-state index contributed by atoms with van der Waals surface area (Å²) in [7, 11) is 0. The molecule has 1 fully saturated rings. The molecule has 0 N–H and O–H groups in total. The average molecular weight is 668 g/mol. The molecular formula is C48H33N3O. The number of benzene rings is 7. The lowest BCUT2D eigenvalue weighted by atomic mass is 9.96. The Hall–Kier alpha value is -6.62. The molecule has 0 bridgehead atoms. The van der Waals surface area contributed by atoms with Gasteiger partial charge in [-0.2, -0.15) is 5.01 Å². The molecule has 1 saturated heterocycles. The van der Waals surface area contributed by atoms with E-state index in [-0.39, 0.29) is 12.2 Å². The zero-order valence-electron chi connectivity index (χ0n) is 28.3. The number of aromatic nitrogens is 1. The topological polar surface area (TPSA) is 20.2 Å². The molecule has 3 unspecified atom stereocenters. The van der Waals surface area contributed by atoms with Crippen molar-refractivity contribution < 1.29 is 4.74 Å². The summed E-state index contributed by atoms with van der Waals surface area (Å²) in [6.45, 7) is 0. The van der Waals surface area contributed by atoms with Crippen LogP contribution < -0.4 is 4.74 Å². The van der Waals surface area contributed by atoms with Crippen molar-refractivity contribution in [3.05, 3.63) is 205 Å². The van der Waals surface area contributed by atoms with Crippen molar-refractivity contribution in [1.29, 1.82) is 0 Å². The molecule has 0 saturated carbocycles. The summed E-state index contributed by atoms with van der Waals surface area (Å²) in [5, 5.41) is 6.19. The lowest BCUT2D eigenvalue weighted by Crippen LogP contribution is -2.08. The van der Waals surface area contributed by atoms with Crippen LogP contribution in [0.1, 0.15) is 28.9 Å². The molecule has 4 heterocycles. The average Bonchev–Trinajstić information content (AvgIpc) is 3.71. The summed E-state index contributed by atoms with van der Waals surface area (Å²) in [5.41, 5.74) is 14.2. The molecule has 0 spiro atoms. The Morgan fingerprint density at radius 1 is 0.481 bits per heavy atom. The fourth-order valence-electron chi connectivity index (χ4n) is 8.43. The first kappa shape index (κ1) is 29.1. The molecule has 0 radical (unpaired) electrons. The van der Waals surface area contributed by atoms with Crippen LogP contribution in [0, 0.1) is 0 Å². The molecule has 0 amide bonds. The highest BCUT2D eigenvalue weighted by Crippen LogP contribution is 2.59. The molecule has 11 rings (SSSR count). The van der Waals surface area contributed by atoms with Gasteiger partial charge >= 0.3 is 0 Å². The second-order valence-electron chi connectivity index (χ2n) is 13.7. The van der Waals surface area contributed by atoms with Crippen LogP contribution in [0.2, 0.25) is 0 Å². The van der Waals surface area contributed by atoms with Crippen LogP contribution in [0.4, 0.5) is 0 Å². The molecule has 0 aliphatic carbocycles. The number of hydrogen-bond acceptors (Lipinski definition) is 3. The Labute approximate surface area is 302 Å². The molecule has 3 atom stereocenters. The predicted octanol–water partition coefficient (Wildman–Crippen LogP) is 12.1. The lowest BCUT2D eigenvalue weighted by molar-refractivity contribution is 0.365. The van der Waals surface area contributed by atoms with Crippen LogP contribution in [0.15, 0.2) is 188 Å². The Kier molecular flexibility index (Phi) is 6.42. The van der Waals surface area contributed by atoms with Crippen molar-refractivity contribution >= 4 is 16.6 Å². The van der Waals surface area contributed by atoms with Gasteiger partial charge in [-0.05, 0) is 76.4 Å². The van der Waals surface area contributed by atoms with Crippen molar-refractivity contribution in [2.75, 3.05) is 0 Å². The van der Waals surface area contributed by atoms with E-state index in [2.05, 4.69) is 203 Å². The third kappa shape index (κ3) is 4.45. The normalized spacial score (nSPS) is 18.0. The van der Waals surface area contributed by atoms with E-state index in [1.54, 1.807) is 0 Å². The number of ether oxygens (including phenoxy) is 1. The maximum atomic E-state index is 6.68. The van der Waals surface area contributed by atoms with E-state index >= 15 is 0 Å². The molecule has 1 aromatic heterocycles. The predicted molar refractivity (Wildman–Crippen MR) is 210 cm³/mol. The van der Waals surface area contributed by atoms with Crippen LogP contribution in [0.25, 0.3) is 55.8 Å². The zero-order valence-corrected chi connectivity index (χ0v) is 28.3. The summed E-state index contributed by atoms with van der Waals surface area (Å²) in [6.07, 6.45) is 2.61. The van der Waals surface area contributed by atoms with Crippen molar-refractivity contribution in [3.63, 3.8) is 0 Å². The minimum atomic E-state index is 0.0413. The summed E-state index contributed by atoms with van der Waals surface area (Å²) in [5.74, 6) is 1.72. The summed E-state index contributed by atoms with van der Waals surface area (Å²) >= 11 is 0. The van der Waals surface area contributed by atoms with Gasteiger partial charge in [-0.3, -0.25) is 5.01 Å². The zero-order chi connectivity index (χ0) is 34.2. The SMILES string of the molecule is C1=C(c2ccccc2)N2C(c3ccccc3)N2C1c1cc(-c2ccccc2)cc(-n2c3c(c4ccccc42)-c2ccccc2Oc2ccccc2-3)c1. The van der Waals surface area contributed by atoms with Crippen molar-refractivity contribution in [2.24, 2.45) is 0 Å². The number of para-hydroxylation sites is 3. The van der Waals surface area contributed by atoms with Crippen molar-refractivity contribution in [1.82, 2.24) is 14.6 Å². The van der Waals surface area contributed by atoms with Crippen LogP contribution in [0.3, 0.4) is 0 Å². The highest BCUT2D eigenvalue weighted by atomic mass is 16.5. The number of hydrazine groups is 1. The molecule has 4 nitrogen and oxygen atoms in total. The van der Waals surface area contributed by atoms with Gasteiger partial charge in [-0.15, -0.1) is 0 Å². The second kappa shape index (κ2) is 11.5. The fourth-order valence-corrected chi connectivity index (χ4v) is 8.43. The third-order valence-corrected chi connectivity index (χ3v) is 10.7. The van der Waals surface area contributed by atoms with Crippen LogP contribution in [0.5, 0.6) is 11.5 Å². The van der Waals surface area contributed by atoms with E-state index in [0.29, 0.717) is 0 Å². The first-order chi connectivity index (χ1) is 25.8. The fraction of sp³-hybridized carbons (Fsp3) is 0.0417. The van der Waals surface area contributed by atoms with Gasteiger partial charge in [-0.25, -0.2) is 0 Å². The summed E-state index contributed by atoms with van der Waals surface area (Å²) in [4.78, 5) is 0. The van der Waals surface area contributed by atoms with Gasteiger partial charge in [0, 0.05) is 27.8 Å². The van der Waals surface area contributed by atoms with E-state index in [0.717, 1.165) is 39.5 Å². The van der Waals surface area contributed by atoms with Crippen molar-refractivity contribution in [3.8, 4) is 50.7 Å². The highest BCUT2D eigenvalue weighted by molar-refractivity contribution is 6.08.